The molecule has 16 heavy (non-hydrogen) atoms. The highest BCUT2D eigenvalue weighted by Gasteiger charge is 2.29. The molecular formula is C8H17NO7. The molecule has 0 spiro atoms. The Hall–Kier alpha value is -1.22. The van der Waals surface area contributed by atoms with Gasteiger partial charge in [0.05, 0.1) is 0 Å². The summed E-state index contributed by atoms with van der Waals surface area (Å²) in [5.74, 6) is -3.54. The van der Waals surface area contributed by atoms with E-state index in [1.807, 2.05) is 6.92 Å². The fraction of sp³-hybridized carbons (Fsp3) is 0.750. The number of aliphatic hydroxyl groups excluding tert-OH is 3. The van der Waals surface area contributed by atoms with E-state index in [1.165, 1.54) is 0 Å². The molecule has 8 heteroatoms. The van der Waals surface area contributed by atoms with Crippen LogP contribution in [0.3, 0.4) is 0 Å². The lowest BCUT2D eigenvalue weighted by atomic mass is 10.2. The molecule has 0 bridgehead atoms. The lowest BCUT2D eigenvalue weighted by molar-refractivity contribution is -0.165. The van der Waals surface area contributed by atoms with Gasteiger partial charge in [-0.05, 0) is 13.3 Å². The van der Waals surface area contributed by atoms with Crippen molar-refractivity contribution in [2.75, 3.05) is 6.61 Å². The van der Waals surface area contributed by atoms with Gasteiger partial charge in [-0.2, -0.15) is 0 Å². The molecule has 0 rings (SSSR count). The molecule has 0 amide bonds. The molecule has 7 N–H and O–H groups in total. The summed E-state index contributed by atoms with van der Waals surface area (Å²) in [5, 5.41) is 40.7. The zero-order valence-electron chi connectivity index (χ0n) is 8.78. The number of hydrogen-bond donors (Lipinski definition) is 6. The van der Waals surface area contributed by atoms with Gasteiger partial charge in [-0.15, -0.1) is 0 Å². The maximum Gasteiger partial charge on any atom is 0.335 e. The normalized spacial score (nSPS) is 15.3. The van der Waals surface area contributed by atoms with E-state index < -0.39 is 24.1 Å². The minimum atomic E-state index is -2.27. The van der Waals surface area contributed by atoms with Crippen LogP contribution in [-0.2, 0) is 9.59 Å². The molecule has 0 aromatic carbocycles. The fourth-order valence-electron chi connectivity index (χ4n) is 0.474. The topological polar surface area (TPSA) is 161 Å². The molecule has 0 aromatic rings. The smallest absolute Gasteiger partial charge is 0.335 e. The monoisotopic (exact) mass is 239 g/mol. The van der Waals surface area contributed by atoms with E-state index in [-0.39, 0.29) is 12.6 Å². The highest BCUT2D eigenvalue weighted by atomic mass is 16.4. The molecule has 3 unspecified atom stereocenters. The van der Waals surface area contributed by atoms with Crippen LogP contribution in [0.4, 0.5) is 0 Å². The lowest BCUT2D eigenvalue weighted by Gasteiger charge is -2.07. The number of aliphatic carboxylic acids is 2. The molecule has 0 heterocycles. The van der Waals surface area contributed by atoms with Gasteiger partial charge in [0.1, 0.15) is 0 Å². The van der Waals surface area contributed by atoms with Crippen LogP contribution in [0, 0.1) is 0 Å². The third-order valence-electron chi connectivity index (χ3n) is 1.39. The number of carboxylic acid groups (broad SMARTS) is 2. The van der Waals surface area contributed by atoms with Crippen molar-refractivity contribution in [2.24, 2.45) is 5.73 Å². The summed E-state index contributed by atoms with van der Waals surface area (Å²) in [6, 6.07) is 0.148. The molecule has 0 saturated carbocycles. The summed E-state index contributed by atoms with van der Waals surface area (Å²) in [6.07, 6.45) is -3.82. The van der Waals surface area contributed by atoms with Crippen LogP contribution in [0.15, 0.2) is 0 Å². The predicted molar refractivity (Wildman–Crippen MR) is 52.6 cm³/mol. The predicted octanol–water partition coefficient (Wildman–Crippen LogP) is -2.41. The molecule has 0 fully saturated rings. The Kier molecular flexibility index (Phi) is 9.71. The van der Waals surface area contributed by atoms with Crippen LogP contribution >= 0.6 is 0 Å². The van der Waals surface area contributed by atoms with Gasteiger partial charge < -0.3 is 31.3 Å². The number of rotatable bonds is 5. The molecule has 0 saturated heterocycles. The Morgan fingerprint density at radius 2 is 1.44 bits per heavy atom. The van der Waals surface area contributed by atoms with E-state index in [9.17, 15) is 9.59 Å². The van der Waals surface area contributed by atoms with Crippen molar-refractivity contribution in [3.05, 3.63) is 0 Å². The Balaban J connectivity index is 0. The molecule has 0 aliphatic carbocycles. The summed E-state index contributed by atoms with van der Waals surface area (Å²) in [4.78, 5) is 19.5. The SMILES string of the molecule is CC(N)CCO.O=C(O)C(O)C(O)C(=O)O. The largest absolute Gasteiger partial charge is 0.479 e. The summed E-state index contributed by atoms with van der Waals surface area (Å²) in [5.41, 5.74) is 5.24. The van der Waals surface area contributed by atoms with Crippen LogP contribution in [0.25, 0.3) is 0 Å². The number of aliphatic hydroxyl groups is 3. The van der Waals surface area contributed by atoms with Crippen LogP contribution < -0.4 is 5.73 Å². The quantitative estimate of drug-likeness (QED) is 0.309. The summed E-state index contributed by atoms with van der Waals surface area (Å²) < 4.78 is 0. The van der Waals surface area contributed by atoms with Crippen LogP contribution in [0.5, 0.6) is 0 Å². The van der Waals surface area contributed by atoms with E-state index in [0.29, 0.717) is 6.42 Å². The second kappa shape index (κ2) is 9.04. The maximum absolute atomic E-state index is 9.77. The van der Waals surface area contributed by atoms with Crippen LogP contribution in [0.2, 0.25) is 0 Å². The molecule has 0 aromatic heterocycles. The average Bonchev–Trinajstić information content (AvgIpc) is 2.15. The highest BCUT2D eigenvalue weighted by molar-refractivity contribution is 5.83. The summed E-state index contributed by atoms with van der Waals surface area (Å²) >= 11 is 0. The molecule has 8 nitrogen and oxygen atoms in total. The molecule has 3 atom stereocenters. The lowest BCUT2D eigenvalue weighted by Crippen LogP contribution is -2.39. The van der Waals surface area contributed by atoms with Crippen molar-refractivity contribution in [3.63, 3.8) is 0 Å². The van der Waals surface area contributed by atoms with Gasteiger partial charge in [0.15, 0.2) is 12.2 Å². The van der Waals surface area contributed by atoms with E-state index in [1.54, 1.807) is 0 Å². The van der Waals surface area contributed by atoms with E-state index in [2.05, 4.69) is 0 Å². The molecule has 96 valence electrons. The first-order chi connectivity index (χ1) is 7.23. The minimum absolute atomic E-state index is 0.148. The van der Waals surface area contributed by atoms with Gasteiger partial charge in [-0.25, -0.2) is 9.59 Å². The van der Waals surface area contributed by atoms with Crippen molar-refractivity contribution in [3.8, 4) is 0 Å². The molecule has 0 aliphatic rings. The number of hydrogen-bond acceptors (Lipinski definition) is 6. The third kappa shape index (κ3) is 9.34. The number of nitrogens with two attached hydrogens (primary N) is 1. The van der Waals surface area contributed by atoms with Crippen molar-refractivity contribution >= 4 is 11.9 Å². The van der Waals surface area contributed by atoms with Gasteiger partial charge in [0, 0.05) is 12.6 Å². The second-order valence-corrected chi connectivity index (χ2v) is 3.06. The van der Waals surface area contributed by atoms with Crippen molar-refractivity contribution < 1.29 is 35.1 Å². The minimum Gasteiger partial charge on any atom is -0.479 e. The van der Waals surface area contributed by atoms with Crippen LogP contribution in [-0.4, -0.2) is 62.3 Å². The van der Waals surface area contributed by atoms with Crippen molar-refractivity contribution in [2.45, 2.75) is 31.6 Å². The first-order valence-electron chi connectivity index (χ1n) is 4.42. The fourth-order valence-corrected chi connectivity index (χ4v) is 0.474. The first kappa shape index (κ1) is 17.2. The number of carbonyl (C=O) groups is 2. The Bertz CT molecular complexity index is 200. The first-order valence-corrected chi connectivity index (χ1v) is 4.42. The Labute approximate surface area is 91.9 Å². The average molecular weight is 239 g/mol. The molecular weight excluding hydrogens is 222 g/mol. The Morgan fingerprint density at radius 3 is 1.50 bits per heavy atom. The standard InChI is InChI=1S/C4H11NO.C4H6O6/c1-4(5)2-3-6;5-1(3(7)8)2(6)4(9)10/h4,6H,2-3,5H2,1H3;1-2,5-6H,(H,7,8)(H,9,10). The van der Waals surface area contributed by atoms with E-state index >= 15 is 0 Å². The van der Waals surface area contributed by atoms with Gasteiger partial charge in [0.2, 0.25) is 0 Å². The number of carboxylic acids is 2. The second-order valence-electron chi connectivity index (χ2n) is 3.06. The Morgan fingerprint density at radius 1 is 1.12 bits per heavy atom. The van der Waals surface area contributed by atoms with Gasteiger partial charge in [0.25, 0.3) is 0 Å². The van der Waals surface area contributed by atoms with Crippen molar-refractivity contribution in [1.29, 1.82) is 0 Å². The maximum atomic E-state index is 9.77. The van der Waals surface area contributed by atoms with Gasteiger partial charge >= 0.3 is 11.9 Å². The molecule has 0 aliphatic heterocycles. The van der Waals surface area contributed by atoms with Gasteiger partial charge in [-0.1, -0.05) is 0 Å². The highest BCUT2D eigenvalue weighted by Crippen LogP contribution is 1.92. The summed E-state index contributed by atoms with van der Waals surface area (Å²) in [7, 11) is 0. The van der Waals surface area contributed by atoms with E-state index in [0.717, 1.165) is 0 Å². The molecule has 0 radical (unpaired) electrons. The van der Waals surface area contributed by atoms with Gasteiger partial charge in [-0.3, -0.25) is 0 Å². The zero-order valence-corrected chi connectivity index (χ0v) is 8.78. The zero-order chi connectivity index (χ0) is 13.3. The third-order valence-corrected chi connectivity index (χ3v) is 1.39. The van der Waals surface area contributed by atoms with Crippen molar-refractivity contribution in [1.82, 2.24) is 0 Å². The van der Waals surface area contributed by atoms with E-state index in [4.69, 9.17) is 31.3 Å². The summed E-state index contributed by atoms with van der Waals surface area (Å²) in [6.45, 7) is 2.08. The van der Waals surface area contributed by atoms with Crippen LogP contribution in [0.1, 0.15) is 13.3 Å².